The summed E-state index contributed by atoms with van der Waals surface area (Å²) >= 11 is 9.11. The van der Waals surface area contributed by atoms with Crippen molar-refractivity contribution in [2.75, 3.05) is 5.33 Å². The van der Waals surface area contributed by atoms with E-state index in [2.05, 4.69) is 27.8 Å². The minimum Gasteiger partial charge on any atom is -0.294 e. The molecule has 72 valence electrons. The van der Waals surface area contributed by atoms with Gasteiger partial charge in [0.1, 0.15) is 0 Å². The molecule has 0 bridgehead atoms. The molecule has 14 heavy (non-hydrogen) atoms. The summed E-state index contributed by atoms with van der Waals surface area (Å²) in [6.07, 6.45) is 0. The quantitative estimate of drug-likeness (QED) is 0.435. The monoisotopic (exact) mass is 270 g/mol. The molecule has 0 aliphatic rings. The van der Waals surface area contributed by atoms with Crippen molar-refractivity contribution in [3.05, 3.63) is 34.3 Å². The fourth-order valence-corrected chi connectivity index (χ4v) is 1.47. The van der Waals surface area contributed by atoms with Crippen molar-refractivity contribution in [2.24, 2.45) is 0 Å². The Hall–Kier alpha value is -0.780. The molecule has 1 rings (SSSR count). The maximum Gasteiger partial charge on any atom is 0.161 e. The Morgan fingerprint density at radius 1 is 1.57 bits per heavy atom. The summed E-state index contributed by atoms with van der Waals surface area (Å²) in [4.78, 5) is 11.1. The maximum atomic E-state index is 11.1. The predicted molar refractivity (Wildman–Crippen MR) is 62.1 cm³/mol. The van der Waals surface area contributed by atoms with Crippen molar-refractivity contribution in [2.45, 2.75) is 6.92 Å². The van der Waals surface area contributed by atoms with E-state index in [1.165, 1.54) is 6.92 Å². The van der Waals surface area contributed by atoms with Gasteiger partial charge in [-0.3, -0.25) is 4.79 Å². The van der Waals surface area contributed by atoms with Gasteiger partial charge in [-0.05, 0) is 25.1 Å². The van der Waals surface area contributed by atoms with Crippen molar-refractivity contribution in [3.8, 4) is 11.8 Å². The summed E-state index contributed by atoms with van der Waals surface area (Å²) in [7, 11) is 0. The molecule has 0 aliphatic carbocycles. The smallest absolute Gasteiger partial charge is 0.161 e. The zero-order chi connectivity index (χ0) is 10.6. The van der Waals surface area contributed by atoms with Crippen LogP contribution in [0.5, 0.6) is 0 Å². The molecule has 0 heterocycles. The van der Waals surface area contributed by atoms with Crippen LogP contribution in [0, 0.1) is 11.8 Å². The average molecular weight is 272 g/mol. The van der Waals surface area contributed by atoms with E-state index in [4.69, 9.17) is 11.6 Å². The second-order valence-corrected chi connectivity index (χ2v) is 3.65. The molecule has 0 N–H and O–H groups in total. The Labute approximate surface area is 96.6 Å². The van der Waals surface area contributed by atoms with E-state index in [9.17, 15) is 4.79 Å². The lowest BCUT2D eigenvalue weighted by Crippen LogP contribution is -1.93. The maximum absolute atomic E-state index is 11.1. The first-order valence-corrected chi connectivity index (χ1v) is 5.50. The average Bonchev–Trinajstić information content (AvgIpc) is 2.14. The summed E-state index contributed by atoms with van der Waals surface area (Å²) in [6.45, 7) is 1.49. The van der Waals surface area contributed by atoms with Gasteiger partial charge in [0.25, 0.3) is 0 Å². The molecule has 1 aromatic rings. The van der Waals surface area contributed by atoms with Crippen LogP contribution in [-0.2, 0) is 0 Å². The largest absolute Gasteiger partial charge is 0.294 e. The van der Waals surface area contributed by atoms with Gasteiger partial charge < -0.3 is 0 Å². The zero-order valence-corrected chi connectivity index (χ0v) is 9.95. The molecule has 0 saturated carbocycles. The van der Waals surface area contributed by atoms with E-state index < -0.39 is 0 Å². The van der Waals surface area contributed by atoms with Crippen LogP contribution in [0.1, 0.15) is 22.8 Å². The van der Waals surface area contributed by atoms with Gasteiger partial charge in [0.05, 0.1) is 10.4 Å². The van der Waals surface area contributed by atoms with Crippen LogP contribution in [0.2, 0.25) is 5.02 Å². The third-order valence-corrected chi connectivity index (χ3v) is 2.24. The van der Waals surface area contributed by atoms with Crippen LogP contribution in [-0.4, -0.2) is 11.1 Å². The van der Waals surface area contributed by atoms with Gasteiger partial charge >= 0.3 is 0 Å². The number of ketones is 1. The van der Waals surface area contributed by atoms with E-state index in [1.807, 2.05) is 0 Å². The second kappa shape index (κ2) is 5.19. The molecule has 0 amide bonds. The molecule has 0 fully saturated rings. The first kappa shape index (κ1) is 11.3. The number of carbonyl (C=O) groups is 1. The molecule has 3 heteroatoms. The van der Waals surface area contributed by atoms with E-state index in [0.29, 0.717) is 15.9 Å². The standard InChI is InChI=1S/C11H8BrClO/c1-8(14)10-5-4-9(3-2-6-12)7-11(10)13/h4-5,7H,6H2,1H3. The molecule has 0 unspecified atom stereocenters. The highest BCUT2D eigenvalue weighted by molar-refractivity contribution is 9.09. The Morgan fingerprint density at radius 2 is 2.29 bits per heavy atom. The first-order valence-electron chi connectivity index (χ1n) is 4.00. The van der Waals surface area contributed by atoms with Gasteiger partial charge in [-0.2, -0.15) is 0 Å². The lowest BCUT2D eigenvalue weighted by molar-refractivity contribution is 0.101. The Balaban J connectivity index is 3.06. The molecule has 0 spiro atoms. The van der Waals surface area contributed by atoms with Crippen LogP contribution in [0.15, 0.2) is 18.2 Å². The number of rotatable bonds is 1. The van der Waals surface area contributed by atoms with E-state index in [0.717, 1.165) is 5.56 Å². The Kier molecular flexibility index (Phi) is 4.19. The van der Waals surface area contributed by atoms with Crippen molar-refractivity contribution >= 4 is 33.3 Å². The SMILES string of the molecule is CC(=O)c1ccc(C#CCBr)cc1Cl. The van der Waals surface area contributed by atoms with Crippen LogP contribution in [0.25, 0.3) is 0 Å². The predicted octanol–water partition coefficient (Wildman–Crippen LogP) is 3.29. The topological polar surface area (TPSA) is 17.1 Å². The van der Waals surface area contributed by atoms with Crippen LogP contribution >= 0.6 is 27.5 Å². The lowest BCUT2D eigenvalue weighted by atomic mass is 10.1. The Morgan fingerprint density at radius 3 is 2.79 bits per heavy atom. The lowest BCUT2D eigenvalue weighted by Gasteiger charge is -1.99. The van der Waals surface area contributed by atoms with Crippen LogP contribution in [0.4, 0.5) is 0 Å². The highest BCUT2D eigenvalue weighted by Crippen LogP contribution is 2.17. The Bertz CT molecular complexity index is 415. The number of hydrogen-bond donors (Lipinski definition) is 0. The van der Waals surface area contributed by atoms with Gasteiger partial charge in [0.2, 0.25) is 0 Å². The number of halogens is 2. The van der Waals surface area contributed by atoms with Crippen LogP contribution < -0.4 is 0 Å². The minimum atomic E-state index is -0.0324. The molecule has 0 atom stereocenters. The van der Waals surface area contributed by atoms with E-state index in [-0.39, 0.29) is 5.78 Å². The number of alkyl halides is 1. The van der Waals surface area contributed by atoms with Gasteiger partial charge in [-0.25, -0.2) is 0 Å². The third kappa shape index (κ3) is 2.87. The zero-order valence-electron chi connectivity index (χ0n) is 7.60. The highest BCUT2D eigenvalue weighted by atomic mass is 79.9. The van der Waals surface area contributed by atoms with E-state index in [1.54, 1.807) is 18.2 Å². The molecule has 1 aromatic carbocycles. The summed E-state index contributed by atoms with van der Waals surface area (Å²) in [5.41, 5.74) is 1.36. The fraction of sp³-hybridized carbons (Fsp3) is 0.182. The molecule has 0 radical (unpaired) electrons. The molecule has 0 saturated heterocycles. The summed E-state index contributed by atoms with van der Waals surface area (Å²) in [6, 6.07) is 5.19. The molecule has 0 aromatic heterocycles. The first-order chi connectivity index (χ1) is 6.65. The number of Topliss-reactive ketones (excluding diaryl/α,β-unsaturated/α-hetero) is 1. The molecular formula is C11H8BrClO. The normalized spacial score (nSPS) is 9.07. The minimum absolute atomic E-state index is 0.0324. The van der Waals surface area contributed by atoms with Gasteiger partial charge in [-0.1, -0.05) is 39.4 Å². The fourth-order valence-electron chi connectivity index (χ4n) is 1.01. The third-order valence-electron chi connectivity index (χ3n) is 1.65. The van der Waals surface area contributed by atoms with Crippen molar-refractivity contribution in [1.29, 1.82) is 0 Å². The molecule has 1 nitrogen and oxygen atoms in total. The van der Waals surface area contributed by atoms with Crippen molar-refractivity contribution < 1.29 is 4.79 Å². The number of carbonyl (C=O) groups excluding carboxylic acids is 1. The molecular weight excluding hydrogens is 263 g/mol. The van der Waals surface area contributed by atoms with Gasteiger partial charge in [0, 0.05) is 11.1 Å². The van der Waals surface area contributed by atoms with Crippen LogP contribution in [0.3, 0.4) is 0 Å². The van der Waals surface area contributed by atoms with Gasteiger partial charge in [0.15, 0.2) is 5.78 Å². The van der Waals surface area contributed by atoms with Gasteiger partial charge in [-0.15, -0.1) is 0 Å². The number of hydrogen-bond acceptors (Lipinski definition) is 1. The van der Waals surface area contributed by atoms with E-state index >= 15 is 0 Å². The summed E-state index contributed by atoms with van der Waals surface area (Å²) < 4.78 is 0. The molecule has 0 aliphatic heterocycles. The van der Waals surface area contributed by atoms with Crippen molar-refractivity contribution in [3.63, 3.8) is 0 Å². The highest BCUT2D eigenvalue weighted by Gasteiger charge is 2.04. The number of benzene rings is 1. The summed E-state index contributed by atoms with van der Waals surface area (Å²) in [5.74, 6) is 5.74. The summed E-state index contributed by atoms with van der Waals surface area (Å²) in [5, 5.41) is 1.08. The van der Waals surface area contributed by atoms with Crippen molar-refractivity contribution in [1.82, 2.24) is 0 Å². The second-order valence-electron chi connectivity index (χ2n) is 2.69.